The zero-order chi connectivity index (χ0) is 6.10. The quantitative estimate of drug-likeness (QED) is 0.451. The highest BCUT2D eigenvalue weighted by Gasteiger charge is 2.26. The molecule has 1 aliphatic heterocycles. The van der Waals surface area contributed by atoms with Crippen molar-refractivity contribution >= 4 is 7.28 Å². The monoisotopic (exact) mass is 139 g/mol. The number of halogens is 1. The van der Waals surface area contributed by atoms with Crippen LogP contribution in [0.2, 0.25) is 6.32 Å². The molecule has 1 heterocycles. The molecule has 55 valence electrons. The molecule has 0 aromatic rings. The van der Waals surface area contributed by atoms with Crippen molar-refractivity contribution in [2.45, 2.75) is 25.6 Å². The Hall–Kier alpha value is -0.265. The first-order valence-electron chi connectivity index (χ1n) is 3.97. The summed E-state index contributed by atoms with van der Waals surface area (Å²) in [4.78, 5) is 0. The van der Waals surface area contributed by atoms with Crippen LogP contribution in [0, 0.1) is 11.8 Å². The van der Waals surface area contributed by atoms with E-state index >= 15 is 0 Å². The van der Waals surface area contributed by atoms with Crippen molar-refractivity contribution in [3.63, 3.8) is 0 Å². The largest absolute Gasteiger partial charge is 0.269 e. The molecule has 2 atom stereocenters. The molecule has 10 heavy (non-hydrogen) atoms. The molecule has 0 saturated heterocycles. The summed E-state index contributed by atoms with van der Waals surface area (Å²) < 4.78 is 0. The Kier molecular flexibility index (Phi) is 2.53. The number of allylic oxidation sites excluding steroid dienone is 1. The van der Waals surface area contributed by atoms with E-state index in [2.05, 4.69) is 19.3 Å². The highest BCUT2D eigenvalue weighted by Crippen LogP contribution is 2.36. The van der Waals surface area contributed by atoms with Gasteiger partial charge >= 0.3 is 0 Å². The van der Waals surface area contributed by atoms with Gasteiger partial charge in [0.05, 0.1) is 0 Å². The molecule has 1 fully saturated rings. The predicted octanol–water partition coefficient (Wildman–Crippen LogP) is 2.21. The summed E-state index contributed by atoms with van der Waals surface area (Å²) in [5.41, 5.74) is 0. The summed E-state index contributed by atoms with van der Waals surface area (Å²) in [7, 11) is 2.31. The van der Waals surface area contributed by atoms with Crippen molar-refractivity contribution in [1.82, 2.24) is 0 Å². The topological polar surface area (TPSA) is 0 Å². The van der Waals surface area contributed by atoms with Crippen LogP contribution in [0.1, 0.15) is 19.3 Å². The van der Waals surface area contributed by atoms with Gasteiger partial charge in [-0.25, -0.2) is 0 Å². The van der Waals surface area contributed by atoms with E-state index in [4.69, 9.17) is 0 Å². The fourth-order valence-electron chi connectivity index (χ4n) is 2.09. The summed E-state index contributed by atoms with van der Waals surface area (Å²) in [5, 5.41) is 0. The molecule has 0 spiro atoms. The Morgan fingerprint density at radius 2 is 2.20 bits per heavy atom. The minimum Gasteiger partial charge on any atom is -0.269 e. The molecular weight excluding hydrogens is 126 g/mol. The van der Waals surface area contributed by atoms with E-state index in [0.717, 1.165) is 11.8 Å². The molecular formula is C8H13BF. The molecule has 2 unspecified atom stereocenters. The minimum absolute atomic E-state index is 0. The van der Waals surface area contributed by atoms with Crippen LogP contribution in [0.4, 0.5) is 4.70 Å². The summed E-state index contributed by atoms with van der Waals surface area (Å²) in [6.45, 7) is 0. The molecule has 0 amide bonds. The van der Waals surface area contributed by atoms with Crippen LogP contribution >= 0.6 is 0 Å². The van der Waals surface area contributed by atoms with Crippen molar-refractivity contribution in [2.24, 2.45) is 11.8 Å². The van der Waals surface area contributed by atoms with Crippen LogP contribution in [0.3, 0.4) is 0 Å². The molecule has 2 heteroatoms. The van der Waals surface area contributed by atoms with Gasteiger partial charge in [-0.05, 0) is 18.3 Å². The average molecular weight is 139 g/mol. The van der Waals surface area contributed by atoms with Crippen LogP contribution in [-0.2, 0) is 0 Å². The molecule has 0 bridgehead atoms. The molecule has 1 saturated carbocycles. The van der Waals surface area contributed by atoms with Crippen LogP contribution in [-0.4, -0.2) is 7.28 Å². The van der Waals surface area contributed by atoms with Gasteiger partial charge in [0.15, 0.2) is 0 Å². The van der Waals surface area contributed by atoms with Gasteiger partial charge < -0.3 is 0 Å². The lowest BCUT2D eigenvalue weighted by molar-refractivity contribution is 0.497. The van der Waals surface area contributed by atoms with E-state index in [-0.39, 0.29) is 4.70 Å². The van der Waals surface area contributed by atoms with Crippen molar-refractivity contribution in [2.75, 3.05) is 0 Å². The molecule has 1 radical (unpaired) electrons. The predicted molar refractivity (Wildman–Crippen MR) is 43.0 cm³/mol. The molecule has 2 rings (SSSR count). The molecule has 2 aliphatic rings. The Balaban J connectivity index is 0.000000500. The van der Waals surface area contributed by atoms with Gasteiger partial charge in [0.25, 0.3) is 0 Å². The van der Waals surface area contributed by atoms with E-state index in [1.165, 1.54) is 25.6 Å². The fraction of sp³-hybridized carbons (Fsp3) is 0.750. The molecule has 1 aliphatic carbocycles. The van der Waals surface area contributed by atoms with Gasteiger partial charge in [0.2, 0.25) is 0 Å². The molecule has 0 N–H and O–H groups in total. The van der Waals surface area contributed by atoms with Crippen molar-refractivity contribution in [3.8, 4) is 0 Å². The smallest absolute Gasteiger partial charge is 0.141 e. The second kappa shape index (κ2) is 3.22. The number of fused-ring (bicyclic) bond motifs is 1. The minimum atomic E-state index is 0. The van der Waals surface area contributed by atoms with Gasteiger partial charge in [-0.1, -0.05) is 25.2 Å². The van der Waals surface area contributed by atoms with Crippen LogP contribution < -0.4 is 0 Å². The molecule has 0 aromatic heterocycles. The first kappa shape index (κ1) is 7.84. The zero-order valence-electron chi connectivity index (χ0n) is 6.12. The second-order valence-corrected chi connectivity index (χ2v) is 3.21. The highest BCUT2D eigenvalue weighted by atomic mass is 19.0. The third-order valence-electron chi connectivity index (χ3n) is 2.65. The Morgan fingerprint density at radius 3 is 3.00 bits per heavy atom. The van der Waals surface area contributed by atoms with E-state index in [0.29, 0.717) is 0 Å². The number of hydrogen-bond acceptors (Lipinski definition) is 0. The Morgan fingerprint density at radius 1 is 1.30 bits per heavy atom. The van der Waals surface area contributed by atoms with Gasteiger partial charge in [0.1, 0.15) is 7.28 Å². The third-order valence-corrected chi connectivity index (χ3v) is 2.65. The SMILES string of the molecule is F.[B]1C=CC2CCCC2C1. The van der Waals surface area contributed by atoms with Gasteiger partial charge in [-0.2, -0.15) is 0 Å². The lowest BCUT2D eigenvalue weighted by Crippen LogP contribution is -2.11. The second-order valence-electron chi connectivity index (χ2n) is 3.21. The van der Waals surface area contributed by atoms with Crippen molar-refractivity contribution < 1.29 is 4.70 Å². The van der Waals surface area contributed by atoms with Crippen LogP contribution in [0.15, 0.2) is 12.1 Å². The summed E-state index contributed by atoms with van der Waals surface area (Å²) >= 11 is 0. The van der Waals surface area contributed by atoms with Gasteiger partial charge in [-0.15, -0.1) is 5.98 Å². The fourth-order valence-corrected chi connectivity index (χ4v) is 2.09. The Bertz CT molecular complexity index is 133. The standard InChI is InChI=1S/C8H12B.FH/c1-2-7-4-5-9-6-8(7)3-1;/h4-5,7-8H,1-3,6H2;1H. The van der Waals surface area contributed by atoms with E-state index in [1.807, 2.05) is 0 Å². The normalized spacial score (nSPS) is 36.0. The van der Waals surface area contributed by atoms with Gasteiger partial charge in [-0.3, -0.25) is 4.70 Å². The van der Waals surface area contributed by atoms with Crippen LogP contribution in [0.5, 0.6) is 0 Å². The number of hydrogen-bond donors (Lipinski definition) is 0. The zero-order valence-corrected chi connectivity index (χ0v) is 6.12. The molecule has 0 nitrogen and oxygen atoms in total. The van der Waals surface area contributed by atoms with Gasteiger partial charge in [0, 0.05) is 0 Å². The van der Waals surface area contributed by atoms with E-state index < -0.39 is 0 Å². The first-order valence-corrected chi connectivity index (χ1v) is 3.97. The lowest BCUT2D eigenvalue weighted by atomic mass is 9.63. The number of rotatable bonds is 0. The van der Waals surface area contributed by atoms with Crippen molar-refractivity contribution in [1.29, 1.82) is 0 Å². The van der Waals surface area contributed by atoms with E-state index in [1.54, 1.807) is 0 Å². The average Bonchev–Trinajstić information content (AvgIpc) is 2.33. The first-order chi connectivity index (χ1) is 4.47. The van der Waals surface area contributed by atoms with E-state index in [9.17, 15) is 0 Å². The molecule has 0 aromatic carbocycles. The lowest BCUT2D eigenvalue weighted by Gasteiger charge is -2.18. The van der Waals surface area contributed by atoms with Crippen molar-refractivity contribution in [3.05, 3.63) is 12.1 Å². The third kappa shape index (κ3) is 1.25. The highest BCUT2D eigenvalue weighted by molar-refractivity contribution is 6.42. The Labute approximate surface area is 62.3 Å². The maximum atomic E-state index is 2.39. The maximum Gasteiger partial charge on any atom is 0.141 e. The summed E-state index contributed by atoms with van der Waals surface area (Å²) in [6, 6.07) is 0. The summed E-state index contributed by atoms with van der Waals surface area (Å²) in [5.74, 6) is 4.22. The van der Waals surface area contributed by atoms with Crippen LogP contribution in [0.25, 0.3) is 0 Å². The maximum absolute atomic E-state index is 2.39. The summed E-state index contributed by atoms with van der Waals surface area (Å²) in [6.07, 6.45) is 8.14.